The van der Waals surface area contributed by atoms with Crippen molar-refractivity contribution in [2.75, 3.05) is 46.5 Å². The van der Waals surface area contributed by atoms with E-state index in [1.165, 1.54) is 0 Å². The molecule has 2 aliphatic heterocycles. The lowest BCUT2D eigenvalue weighted by molar-refractivity contribution is 0.0314. The van der Waals surface area contributed by atoms with Crippen LogP contribution < -0.4 is 10.2 Å². The standard InChI is InChI=1S/C28H26N2O5/c1-33-20-7-4-6-19(17-20)24-23-25(31)22-10-9-18-5-2-3-8-21(18)26(22)35-27(23)28(32)30(24)12-11-29-13-15-34-16-14-29/h2-10,17,24H,11-16H2,1H3. The van der Waals surface area contributed by atoms with E-state index in [2.05, 4.69) is 4.90 Å². The zero-order valence-electron chi connectivity index (χ0n) is 19.5. The molecule has 0 bridgehead atoms. The summed E-state index contributed by atoms with van der Waals surface area (Å²) in [5.74, 6) is 0.550. The molecule has 1 saturated heterocycles. The van der Waals surface area contributed by atoms with Crippen LogP contribution in [-0.4, -0.2) is 62.2 Å². The molecular formula is C28H26N2O5. The second kappa shape index (κ2) is 8.83. The highest BCUT2D eigenvalue weighted by Gasteiger charge is 2.43. The fraction of sp³-hybridized carbons (Fsp3) is 0.286. The average Bonchev–Trinajstić information content (AvgIpc) is 3.19. The maximum Gasteiger partial charge on any atom is 0.290 e. The Balaban J connectivity index is 1.51. The summed E-state index contributed by atoms with van der Waals surface area (Å²) in [5.41, 5.74) is 1.51. The molecule has 4 aromatic rings. The summed E-state index contributed by atoms with van der Waals surface area (Å²) >= 11 is 0. The molecule has 0 saturated carbocycles. The second-order valence-electron chi connectivity index (χ2n) is 8.97. The predicted octanol–water partition coefficient (Wildman–Crippen LogP) is 3.83. The average molecular weight is 471 g/mol. The van der Waals surface area contributed by atoms with Gasteiger partial charge in [0.1, 0.15) is 11.3 Å². The van der Waals surface area contributed by atoms with Gasteiger partial charge in [0.05, 0.1) is 37.3 Å². The molecule has 0 N–H and O–H groups in total. The molecule has 1 atom stereocenters. The maximum absolute atomic E-state index is 13.9. The van der Waals surface area contributed by atoms with Crippen molar-refractivity contribution in [3.8, 4) is 5.75 Å². The number of methoxy groups -OCH3 is 1. The Kier molecular flexibility index (Phi) is 5.51. The van der Waals surface area contributed by atoms with Gasteiger partial charge in [0.15, 0.2) is 5.43 Å². The molecule has 178 valence electrons. The molecule has 0 spiro atoms. The Morgan fingerprint density at radius 3 is 2.60 bits per heavy atom. The third kappa shape index (κ3) is 3.68. The van der Waals surface area contributed by atoms with E-state index in [1.807, 2.05) is 54.6 Å². The van der Waals surface area contributed by atoms with Crippen molar-refractivity contribution in [1.29, 1.82) is 0 Å². The van der Waals surface area contributed by atoms with E-state index in [-0.39, 0.29) is 17.1 Å². The number of amides is 1. The minimum Gasteiger partial charge on any atom is -0.497 e. The smallest absolute Gasteiger partial charge is 0.290 e. The molecule has 6 rings (SSSR count). The summed E-state index contributed by atoms with van der Waals surface area (Å²) in [5, 5.41) is 2.27. The highest BCUT2D eigenvalue weighted by atomic mass is 16.5. The number of rotatable bonds is 5. The largest absolute Gasteiger partial charge is 0.497 e. The van der Waals surface area contributed by atoms with Crippen molar-refractivity contribution in [2.45, 2.75) is 6.04 Å². The van der Waals surface area contributed by atoms with E-state index < -0.39 is 6.04 Å². The van der Waals surface area contributed by atoms with Crippen LogP contribution in [0.15, 0.2) is 69.9 Å². The molecule has 1 aromatic heterocycles. The van der Waals surface area contributed by atoms with E-state index in [0.29, 0.717) is 48.6 Å². The minimum atomic E-state index is -0.541. The van der Waals surface area contributed by atoms with E-state index in [9.17, 15) is 9.59 Å². The summed E-state index contributed by atoms with van der Waals surface area (Å²) in [6, 6.07) is 18.5. The number of fused-ring (bicyclic) bond motifs is 4. The van der Waals surface area contributed by atoms with Gasteiger partial charge in [-0.2, -0.15) is 0 Å². The third-order valence-corrected chi connectivity index (χ3v) is 7.03. The van der Waals surface area contributed by atoms with Crippen LogP contribution in [0, 0.1) is 0 Å². The van der Waals surface area contributed by atoms with Crippen molar-refractivity contribution in [3.05, 3.63) is 87.8 Å². The lowest BCUT2D eigenvalue weighted by Crippen LogP contribution is -2.42. The van der Waals surface area contributed by atoms with Crippen LogP contribution in [-0.2, 0) is 4.74 Å². The zero-order chi connectivity index (χ0) is 23.9. The molecular weight excluding hydrogens is 444 g/mol. The van der Waals surface area contributed by atoms with Crippen molar-refractivity contribution >= 4 is 27.6 Å². The Labute approximate surface area is 202 Å². The van der Waals surface area contributed by atoms with Crippen LogP contribution in [0.1, 0.15) is 27.7 Å². The minimum absolute atomic E-state index is 0.133. The van der Waals surface area contributed by atoms with Crippen LogP contribution in [0.2, 0.25) is 0 Å². The SMILES string of the molecule is COc1cccc(C2c3c(oc4c(ccc5ccccc54)c3=O)C(=O)N2CCN2CCOCC2)c1. The highest BCUT2D eigenvalue weighted by Crippen LogP contribution is 2.39. The van der Waals surface area contributed by atoms with Gasteiger partial charge >= 0.3 is 0 Å². The lowest BCUT2D eigenvalue weighted by atomic mass is 9.97. The highest BCUT2D eigenvalue weighted by molar-refractivity contribution is 6.06. The molecule has 1 amide bonds. The molecule has 3 heterocycles. The number of carbonyl (C=O) groups is 1. The van der Waals surface area contributed by atoms with Gasteiger partial charge in [0.25, 0.3) is 5.91 Å². The molecule has 7 heteroatoms. The maximum atomic E-state index is 13.9. The first kappa shape index (κ1) is 21.8. The molecule has 1 unspecified atom stereocenters. The Morgan fingerprint density at radius 2 is 1.77 bits per heavy atom. The van der Waals surface area contributed by atoms with Gasteiger partial charge in [-0.1, -0.05) is 42.5 Å². The third-order valence-electron chi connectivity index (χ3n) is 7.03. The van der Waals surface area contributed by atoms with Gasteiger partial charge in [0.2, 0.25) is 5.76 Å². The topological polar surface area (TPSA) is 72.2 Å². The zero-order valence-corrected chi connectivity index (χ0v) is 19.5. The van der Waals surface area contributed by atoms with E-state index in [4.69, 9.17) is 13.9 Å². The molecule has 1 fully saturated rings. The first-order chi connectivity index (χ1) is 17.2. The fourth-order valence-electron chi connectivity index (χ4n) is 5.21. The number of hydrogen-bond donors (Lipinski definition) is 0. The quantitative estimate of drug-likeness (QED) is 0.413. The van der Waals surface area contributed by atoms with Gasteiger partial charge in [-0.05, 0) is 29.1 Å². The molecule has 0 radical (unpaired) electrons. The first-order valence-corrected chi connectivity index (χ1v) is 11.9. The van der Waals surface area contributed by atoms with E-state index in [0.717, 1.165) is 29.4 Å². The monoisotopic (exact) mass is 470 g/mol. The van der Waals surface area contributed by atoms with E-state index >= 15 is 0 Å². The Morgan fingerprint density at radius 1 is 0.943 bits per heavy atom. The number of benzene rings is 3. The van der Waals surface area contributed by atoms with Crippen molar-refractivity contribution in [3.63, 3.8) is 0 Å². The van der Waals surface area contributed by atoms with Gasteiger partial charge < -0.3 is 18.8 Å². The summed E-state index contributed by atoms with van der Waals surface area (Å²) in [6.07, 6.45) is 0. The van der Waals surface area contributed by atoms with Gasteiger partial charge in [-0.3, -0.25) is 14.5 Å². The Bertz CT molecular complexity index is 1490. The first-order valence-electron chi connectivity index (χ1n) is 11.9. The second-order valence-corrected chi connectivity index (χ2v) is 8.97. The molecule has 3 aromatic carbocycles. The fourth-order valence-corrected chi connectivity index (χ4v) is 5.21. The summed E-state index contributed by atoms with van der Waals surface area (Å²) in [6.45, 7) is 4.19. The van der Waals surface area contributed by atoms with E-state index in [1.54, 1.807) is 18.1 Å². The molecule has 7 nitrogen and oxygen atoms in total. The van der Waals surface area contributed by atoms with Crippen molar-refractivity contribution < 1.29 is 18.7 Å². The van der Waals surface area contributed by atoms with Gasteiger partial charge in [-0.25, -0.2) is 0 Å². The Hall–Kier alpha value is -3.68. The summed E-state index contributed by atoms with van der Waals surface area (Å²) < 4.78 is 17.2. The molecule has 35 heavy (non-hydrogen) atoms. The lowest BCUT2D eigenvalue weighted by Gasteiger charge is -2.31. The summed E-state index contributed by atoms with van der Waals surface area (Å²) in [7, 11) is 1.61. The number of hydrogen-bond acceptors (Lipinski definition) is 6. The van der Waals surface area contributed by atoms with Crippen LogP contribution >= 0.6 is 0 Å². The van der Waals surface area contributed by atoms with Gasteiger partial charge in [-0.15, -0.1) is 0 Å². The summed E-state index contributed by atoms with van der Waals surface area (Å²) in [4.78, 5) is 31.7. The predicted molar refractivity (Wildman–Crippen MR) is 133 cm³/mol. The normalized spacial score (nSPS) is 18.4. The molecule has 0 aliphatic carbocycles. The molecule has 2 aliphatic rings. The van der Waals surface area contributed by atoms with Crippen molar-refractivity contribution in [2.24, 2.45) is 0 Å². The number of morpholine rings is 1. The number of carbonyl (C=O) groups excluding carboxylic acids is 1. The van der Waals surface area contributed by atoms with Crippen LogP contribution in [0.4, 0.5) is 0 Å². The van der Waals surface area contributed by atoms with Crippen molar-refractivity contribution in [1.82, 2.24) is 9.80 Å². The number of nitrogens with zero attached hydrogens (tertiary/aromatic N) is 2. The van der Waals surface area contributed by atoms with Crippen LogP contribution in [0.25, 0.3) is 21.7 Å². The van der Waals surface area contributed by atoms with Gasteiger partial charge in [0, 0.05) is 31.6 Å². The van der Waals surface area contributed by atoms with Crippen LogP contribution in [0.3, 0.4) is 0 Å². The number of ether oxygens (including phenoxy) is 2. The van der Waals surface area contributed by atoms with Crippen LogP contribution in [0.5, 0.6) is 5.75 Å².